The fourth-order valence-electron chi connectivity index (χ4n) is 4.48. The molecule has 4 heterocycles. The maximum absolute atomic E-state index is 12.0. The number of aromatic nitrogens is 2. The molecule has 0 radical (unpaired) electrons. The molecule has 2 aromatic heterocycles. The fraction of sp³-hybridized carbons (Fsp3) is 0.342. The van der Waals surface area contributed by atoms with E-state index < -0.39 is 6.09 Å². The van der Waals surface area contributed by atoms with Crippen molar-refractivity contribution in [2.24, 2.45) is 11.8 Å². The van der Waals surface area contributed by atoms with Crippen molar-refractivity contribution >= 4 is 29.1 Å². The summed E-state index contributed by atoms with van der Waals surface area (Å²) in [6, 6.07) is 20.6. The van der Waals surface area contributed by atoms with Crippen LogP contribution < -0.4 is 17.1 Å². The van der Waals surface area contributed by atoms with Crippen molar-refractivity contribution in [3.63, 3.8) is 0 Å². The van der Waals surface area contributed by atoms with Gasteiger partial charge in [0.25, 0.3) is 0 Å². The molecule has 1 aromatic carbocycles. The number of para-hydroxylation sites is 1. The van der Waals surface area contributed by atoms with Gasteiger partial charge in [-0.15, -0.1) is 0 Å². The second-order valence-corrected chi connectivity index (χ2v) is 11.4. The topological polar surface area (TPSA) is 136 Å². The minimum absolute atomic E-state index is 0. The Bertz CT molecular complexity index is 1590. The SMILES string of the molecule is C1CCOC1.N#CC1=CN(C(=O)Oc2ccccc2)C=CC1C1CC1.N#Cc1cccnc1.N#Cc1cnccc1C1CC1.[CH-]1CC1.[Cl-].[Mg+2]. The van der Waals surface area contributed by atoms with Crippen LogP contribution in [-0.2, 0) is 4.74 Å². The van der Waals surface area contributed by atoms with Gasteiger partial charge in [-0.05, 0) is 86.3 Å². The summed E-state index contributed by atoms with van der Waals surface area (Å²) in [4.78, 5) is 21.0. The van der Waals surface area contributed by atoms with E-state index in [-0.39, 0.29) is 41.4 Å². The molecule has 49 heavy (non-hydrogen) atoms. The van der Waals surface area contributed by atoms with Gasteiger partial charge in [0.1, 0.15) is 17.9 Å². The Morgan fingerprint density at radius 1 is 0.878 bits per heavy atom. The maximum Gasteiger partial charge on any atom is 2.00 e. The molecule has 1 amide bonds. The standard InChI is InChI=1S/C16H14N2O2.C9H8N2.C6H4N2.C4H8O.C3H5.ClH.Mg/c17-10-13-11-18(9-8-15(13)12-6-7-12)16(19)20-14-4-2-1-3-5-14;10-5-8-6-11-4-3-9(8)7-1-2-7;7-4-6-2-1-3-8-5-6;1-2-4-5-3-1;1-2-3-1;;/h1-5,8-9,11-12,15H,6-7H2;3-4,6-7H,1-2H2;1-3,5H;1-4H2;1H,2-3H2;1H;/q;;;;-1;;+2/p-1. The van der Waals surface area contributed by atoms with Crippen LogP contribution in [-0.4, -0.2) is 57.2 Å². The molecule has 3 aromatic rings. The average Bonchev–Trinajstić information content (AvgIpc) is 4.00. The van der Waals surface area contributed by atoms with E-state index in [4.69, 9.17) is 20.0 Å². The van der Waals surface area contributed by atoms with Crippen LogP contribution in [0.15, 0.2) is 97.4 Å². The second kappa shape index (κ2) is 23.2. The molecule has 3 saturated carbocycles. The molecule has 8 rings (SSSR count). The van der Waals surface area contributed by atoms with Crippen molar-refractivity contribution in [3.05, 3.63) is 120 Å². The number of ether oxygens (including phenoxy) is 2. The Kier molecular flexibility index (Phi) is 19.4. The summed E-state index contributed by atoms with van der Waals surface area (Å²) < 4.78 is 10.2. The van der Waals surface area contributed by atoms with E-state index in [0.29, 0.717) is 28.7 Å². The smallest absolute Gasteiger partial charge is 1.00 e. The molecule has 1 unspecified atom stereocenters. The van der Waals surface area contributed by atoms with Gasteiger partial charge in [-0.2, -0.15) is 15.8 Å². The quantitative estimate of drug-likeness (QED) is 0.287. The van der Waals surface area contributed by atoms with E-state index in [1.54, 1.807) is 67.4 Å². The van der Waals surface area contributed by atoms with E-state index in [1.807, 2.05) is 24.3 Å². The van der Waals surface area contributed by atoms with Gasteiger partial charge < -0.3 is 28.3 Å². The van der Waals surface area contributed by atoms with Crippen LogP contribution in [0.4, 0.5) is 4.79 Å². The summed E-state index contributed by atoms with van der Waals surface area (Å²) in [5.41, 5.74) is 3.16. The molecular formula is C38H39ClMgN6O3. The van der Waals surface area contributed by atoms with Gasteiger partial charge in [-0.1, -0.05) is 24.3 Å². The molecule has 0 spiro atoms. The minimum Gasteiger partial charge on any atom is -1.00 e. The number of carbonyl (C=O) groups excluding carboxylic acids is 1. The van der Waals surface area contributed by atoms with Crippen molar-refractivity contribution in [2.75, 3.05) is 13.2 Å². The summed E-state index contributed by atoms with van der Waals surface area (Å²) in [7, 11) is 0. The number of pyridine rings is 2. The van der Waals surface area contributed by atoms with Crippen LogP contribution in [0.25, 0.3) is 0 Å². The van der Waals surface area contributed by atoms with Crippen LogP contribution in [0.3, 0.4) is 0 Å². The van der Waals surface area contributed by atoms with Crippen molar-refractivity contribution in [3.8, 4) is 24.0 Å². The van der Waals surface area contributed by atoms with Gasteiger partial charge in [0.2, 0.25) is 0 Å². The number of halogens is 1. The number of hydrogen-bond donors (Lipinski definition) is 0. The number of benzene rings is 1. The largest absolute Gasteiger partial charge is 2.00 e. The normalized spacial score (nSPS) is 17.4. The van der Waals surface area contributed by atoms with Gasteiger partial charge in [0, 0.05) is 56.3 Å². The van der Waals surface area contributed by atoms with Gasteiger partial charge in [-0.3, -0.25) is 14.9 Å². The molecule has 9 nitrogen and oxygen atoms in total. The molecule has 2 aliphatic heterocycles. The monoisotopic (exact) mass is 686 g/mol. The van der Waals surface area contributed by atoms with Crippen LogP contribution >= 0.6 is 0 Å². The number of hydrogen-bond acceptors (Lipinski definition) is 8. The summed E-state index contributed by atoms with van der Waals surface area (Å²) >= 11 is 0. The summed E-state index contributed by atoms with van der Waals surface area (Å²) in [6.07, 6.45) is 23.6. The van der Waals surface area contributed by atoms with Crippen molar-refractivity contribution < 1.29 is 26.7 Å². The first kappa shape index (κ1) is 40.9. The van der Waals surface area contributed by atoms with Gasteiger partial charge in [0.15, 0.2) is 0 Å². The minimum atomic E-state index is -0.505. The van der Waals surface area contributed by atoms with E-state index in [2.05, 4.69) is 28.5 Å². The molecule has 1 atom stereocenters. The van der Waals surface area contributed by atoms with Crippen LogP contribution in [0.5, 0.6) is 5.75 Å². The average molecular weight is 688 g/mol. The van der Waals surface area contributed by atoms with Crippen molar-refractivity contribution in [1.82, 2.24) is 14.9 Å². The molecule has 4 fully saturated rings. The molecule has 3 aliphatic carbocycles. The van der Waals surface area contributed by atoms with Crippen molar-refractivity contribution in [1.29, 1.82) is 15.8 Å². The zero-order valence-corrected chi connectivity index (χ0v) is 29.7. The molecule has 1 saturated heterocycles. The number of amides is 1. The maximum atomic E-state index is 12.0. The van der Waals surface area contributed by atoms with E-state index >= 15 is 0 Å². The third-order valence-electron chi connectivity index (χ3n) is 7.41. The summed E-state index contributed by atoms with van der Waals surface area (Å²) in [5.74, 6) is 1.85. The predicted octanol–water partition coefficient (Wildman–Crippen LogP) is 4.64. The first-order valence-electron chi connectivity index (χ1n) is 16.0. The third kappa shape index (κ3) is 15.7. The fourth-order valence-corrected chi connectivity index (χ4v) is 4.48. The number of nitrogens with zero attached hydrogens (tertiary/aromatic N) is 6. The third-order valence-corrected chi connectivity index (χ3v) is 7.41. The number of carbonyl (C=O) groups is 1. The van der Waals surface area contributed by atoms with Crippen LogP contribution in [0, 0.1) is 52.2 Å². The Balaban J connectivity index is 0.000000241. The Labute approximate surface area is 311 Å². The molecule has 11 heteroatoms. The van der Waals surface area contributed by atoms with Crippen LogP contribution in [0.1, 0.15) is 74.0 Å². The molecular weight excluding hydrogens is 648 g/mol. The molecule has 248 valence electrons. The van der Waals surface area contributed by atoms with Crippen molar-refractivity contribution in [2.45, 2.75) is 57.3 Å². The van der Waals surface area contributed by atoms with E-state index in [1.165, 1.54) is 55.2 Å². The number of nitriles is 3. The van der Waals surface area contributed by atoms with Gasteiger partial charge in [-0.25, -0.2) is 17.6 Å². The molecule has 5 aliphatic rings. The molecule has 0 bridgehead atoms. The number of allylic oxidation sites excluding steroid dienone is 2. The second-order valence-electron chi connectivity index (χ2n) is 11.4. The zero-order valence-electron chi connectivity index (χ0n) is 27.5. The number of rotatable bonds is 3. The van der Waals surface area contributed by atoms with E-state index in [0.717, 1.165) is 31.6 Å². The predicted molar refractivity (Wildman–Crippen MR) is 183 cm³/mol. The summed E-state index contributed by atoms with van der Waals surface area (Å²) in [6.45, 7) is 2.00. The van der Waals surface area contributed by atoms with Gasteiger partial charge >= 0.3 is 29.1 Å². The first-order chi connectivity index (χ1) is 23.1. The van der Waals surface area contributed by atoms with Crippen LogP contribution in [0.2, 0.25) is 0 Å². The summed E-state index contributed by atoms with van der Waals surface area (Å²) in [5, 5.41) is 26.1. The first-order valence-corrected chi connectivity index (χ1v) is 16.0. The van der Waals surface area contributed by atoms with E-state index in [9.17, 15) is 10.1 Å². The Hall–Kier alpha value is -4.24. The Morgan fingerprint density at radius 2 is 1.57 bits per heavy atom. The Morgan fingerprint density at radius 3 is 2.06 bits per heavy atom. The zero-order chi connectivity index (χ0) is 33.1. The molecule has 0 N–H and O–H groups in total. The van der Waals surface area contributed by atoms with Gasteiger partial charge in [0.05, 0.1) is 22.8 Å².